The van der Waals surface area contributed by atoms with Crippen LogP contribution in [0.3, 0.4) is 0 Å². The third kappa shape index (κ3) is 4.08. The van der Waals surface area contributed by atoms with Crippen LogP contribution < -0.4 is 14.4 Å². The fourth-order valence-corrected chi connectivity index (χ4v) is 5.48. The van der Waals surface area contributed by atoms with E-state index in [0.29, 0.717) is 23.5 Å². The summed E-state index contributed by atoms with van der Waals surface area (Å²) in [5.74, 6) is 1.16. The molecule has 0 saturated carbocycles. The van der Waals surface area contributed by atoms with E-state index in [4.69, 9.17) is 4.74 Å². The third-order valence-electron chi connectivity index (χ3n) is 5.69. The number of sulfonamides is 1. The number of nitrogens with one attached hydrogen (secondary N) is 1. The van der Waals surface area contributed by atoms with Crippen LogP contribution in [-0.2, 0) is 23.5 Å². The maximum Gasteiger partial charge on any atom is 0.252 e. The molecule has 2 aromatic carbocycles. The zero-order chi connectivity index (χ0) is 23.0. The first-order chi connectivity index (χ1) is 15.2. The monoisotopic (exact) mass is 454 g/mol. The Labute approximate surface area is 187 Å². The number of carbonyl (C=O) groups excluding carboxylic acids is 1. The van der Waals surface area contributed by atoms with Gasteiger partial charge in [-0.25, -0.2) is 13.4 Å². The normalized spacial score (nSPS) is 16.5. The van der Waals surface area contributed by atoms with E-state index in [-0.39, 0.29) is 11.9 Å². The van der Waals surface area contributed by atoms with Gasteiger partial charge in [-0.05, 0) is 54.8 Å². The standard InChI is InChI=1S/C23H26N4O4S/c1-15-13-18-14-17(7-10-20(18)27(15)32(4,29)30)23(28)25-21(22-24-11-12-26(22)2)16-5-8-19(31-3)9-6-16/h5-12,14-15,21H,13H2,1-4H3,(H,25,28)/t15-,21-/m1/s1. The number of imidazole rings is 1. The van der Waals surface area contributed by atoms with Gasteiger partial charge in [0, 0.05) is 31.0 Å². The number of hydrogen-bond donors (Lipinski definition) is 1. The first-order valence-corrected chi connectivity index (χ1v) is 12.1. The van der Waals surface area contributed by atoms with E-state index in [1.54, 1.807) is 31.5 Å². The Hall–Kier alpha value is -3.33. The SMILES string of the molecule is COc1ccc([C@@H](NC(=O)c2ccc3c(c2)C[C@@H](C)N3S(C)(=O)=O)c2nccn2C)cc1. The lowest BCUT2D eigenvalue weighted by Gasteiger charge is -2.22. The summed E-state index contributed by atoms with van der Waals surface area (Å²) in [6.45, 7) is 1.86. The lowest BCUT2D eigenvalue weighted by Crippen LogP contribution is -2.34. The van der Waals surface area contributed by atoms with Crippen molar-refractivity contribution in [2.24, 2.45) is 7.05 Å². The molecule has 0 saturated heterocycles. The Balaban J connectivity index is 1.65. The number of benzene rings is 2. The zero-order valence-electron chi connectivity index (χ0n) is 18.4. The number of aromatic nitrogens is 2. The maximum absolute atomic E-state index is 13.2. The van der Waals surface area contributed by atoms with Crippen molar-refractivity contribution in [3.05, 3.63) is 77.4 Å². The van der Waals surface area contributed by atoms with Gasteiger partial charge in [0.15, 0.2) is 0 Å². The molecule has 1 aliphatic rings. The molecule has 4 rings (SSSR count). The number of aryl methyl sites for hydroxylation is 1. The van der Waals surface area contributed by atoms with E-state index in [2.05, 4.69) is 10.3 Å². The van der Waals surface area contributed by atoms with Gasteiger partial charge in [-0.2, -0.15) is 0 Å². The van der Waals surface area contributed by atoms with E-state index in [9.17, 15) is 13.2 Å². The summed E-state index contributed by atoms with van der Waals surface area (Å²) in [4.78, 5) is 17.6. The first-order valence-electron chi connectivity index (χ1n) is 10.2. The quantitative estimate of drug-likeness (QED) is 0.618. The average Bonchev–Trinajstić information content (AvgIpc) is 3.33. The van der Waals surface area contributed by atoms with E-state index >= 15 is 0 Å². The first kappa shape index (κ1) is 21.9. The lowest BCUT2D eigenvalue weighted by atomic mass is 10.0. The maximum atomic E-state index is 13.2. The summed E-state index contributed by atoms with van der Waals surface area (Å²) in [6, 6.07) is 12.0. The van der Waals surface area contributed by atoms with Crippen molar-refractivity contribution in [3.8, 4) is 5.75 Å². The number of rotatable bonds is 6. The minimum atomic E-state index is -3.38. The molecule has 168 valence electrons. The summed E-state index contributed by atoms with van der Waals surface area (Å²) < 4.78 is 32.9. The number of fused-ring (bicyclic) bond motifs is 1. The molecule has 0 spiro atoms. The lowest BCUT2D eigenvalue weighted by molar-refractivity contribution is 0.0941. The van der Waals surface area contributed by atoms with E-state index in [1.165, 1.54) is 10.6 Å². The molecule has 3 aromatic rings. The highest BCUT2D eigenvalue weighted by molar-refractivity contribution is 7.92. The Kier molecular flexibility index (Phi) is 5.68. The van der Waals surface area contributed by atoms with E-state index < -0.39 is 16.1 Å². The van der Waals surface area contributed by atoms with E-state index in [1.807, 2.05) is 49.0 Å². The van der Waals surface area contributed by atoms with Crippen LogP contribution in [-0.4, -0.2) is 43.3 Å². The van der Waals surface area contributed by atoms with Crippen LogP contribution in [0.5, 0.6) is 5.75 Å². The predicted octanol–water partition coefficient (Wildman–Crippen LogP) is 2.66. The second-order valence-electron chi connectivity index (χ2n) is 8.03. The highest BCUT2D eigenvalue weighted by Gasteiger charge is 2.33. The van der Waals surface area contributed by atoms with Crippen LogP contribution in [0.25, 0.3) is 0 Å². The van der Waals surface area contributed by atoms with E-state index in [0.717, 1.165) is 16.9 Å². The molecular formula is C23H26N4O4S. The molecule has 1 aromatic heterocycles. The molecule has 0 radical (unpaired) electrons. The smallest absolute Gasteiger partial charge is 0.252 e. The fourth-order valence-electron chi connectivity index (χ4n) is 4.21. The van der Waals surface area contributed by atoms with Crippen LogP contribution in [0.1, 0.15) is 40.3 Å². The fraction of sp³-hybridized carbons (Fsp3) is 0.304. The van der Waals surface area contributed by atoms with Crippen molar-refractivity contribution in [2.45, 2.75) is 25.4 Å². The van der Waals surface area contributed by atoms with Crippen LogP contribution in [0.15, 0.2) is 54.9 Å². The third-order valence-corrected chi connectivity index (χ3v) is 6.96. The van der Waals surface area contributed by atoms with Crippen LogP contribution in [0, 0.1) is 0 Å². The second kappa shape index (κ2) is 8.31. The number of ether oxygens (including phenoxy) is 1. The molecule has 9 heteroatoms. The van der Waals surface area contributed by atoms with Crippen molar-refractivity contribution in [2.75, 3.05) is 17.7 Å². The Bertz CT molecular complexity index is 1250. The summed E-state index contributed by atoms with van der Waals surface area (Å²) >= 11 is 0. The molecule has 0 unspecified atom stereocenters. The summed E-state index contributed by atoms with van der Waals surface area (Å²) in [5, 5.41) is 3.08. The summed E-state index contributed by atoms with van der Waals surface area (Å²) in [7, 11) is 0.0984. The van der Waals surface area contributed by atoms with Crippen LogP contribution in [0.2, 0.25) is 0 Å². The van der Waals surface area contributed by atoms with Crippen molar-refractivity contribution in [3.63, 3.8) is 0 Å². The van der Waals surface area contributed by atoms with Gasteiger partial charge in [0.05, 0.1) is 19.1 Å². The molecule has 2 atom stereocenters. The molecule has 0 bridgehead atoms. The average molecular weight is 455 g/mol. The molecule has 0 fully saturated rings. The number of hydrogen-bond acceptors (Lipinski definition) is 5. The highest BCUT2D eigenvalue weighted by Crippen LogP contribution is 2.35. The number of nitrogens with zero attached hydrogens (tertiary/aromatic N) is 3. The van der Waals surface area contributed by atoms with Gasteiger partial charge in [0.2, 0.25) is 10.0 Å². The van der Waals surface area contributed by atoms with Crippen LogP contribution >= 0.6 is 0 Å². The topological polar surface area (TPSA) is 93.5 Å². The van der Waals surface area contributed by atoms with Crippen molar-refractivity contribution in [1.82, 2.24) is 14.9 Å². The Morgan fingerprint density at radius 2 is 1.94 bits per heavy atom. The molecule has 8 nitrogen and oxygen atoms in total. The van der Waals surface area contributed by atoms with Crippen molar-refractivity contribution >= 4 is 21.6 Å². The summed E-state index contributed by atoms with van der Waals surface area (Å²) in [5.41, 5.74) is 2.81. The second-order valence-corrected chi connectivity index (χ2v) is 9.89. The summed E-state index contributed by atoms with van der Waals surface area (Å²) in [6.07, 6.45) is 5.28. The van der Waals surface area contributed by atoms with Gasteiger partial charge in [-0.15, -0.1) is 0 Å². The zero-order valence-corrected chi connectivity index (χ0v) is 19.3. The molecule has 2 heterocycles. The Morgan fingerprint density at radius 3 is 2.53 bits per heavy atom. The molecule has 1 N–H and O–H groups in total. The minimum absolute atomic E-state index is 0.182. The number of methoxy groups -OCH3 is 1. The van der Waals surface area contributed by atoms with Crippen LogP contribution in [0.4, 0.5) is 5.69 Å². The van der Waals surface area contributed by atoms with Crippen molar-refractivity contribution in [1.29, 1.82) is 0 Å². The number of anilines is 1. The molecular weight excluding hydrogens is 428 g/mol. The molecule has 1 aliphatic heterocycles. The van der Waals surface area contributed by atoms with Gasteiger partial charge in [-0.3, -0.25) is 9.10 Å². The number of carbonyl (C=O) groups is 1. The Morgan fingerprint density at radius 1 is 1.22 bits per heavy atom. The van der Waals surface area contributed by atoms with Gasteiger partial charge in [0.1, 0.15) is 17.6 Å². The molecule has 32 heavy (non-hydrogen) atoms. The van der Waals surface area contributed by atoms with Gasteiger partial charge in [-0.1, -0.05) is 12.1 Å². The van der Waals surface area contributed by atoms with Crippen molar-refractivity contribution < 1.29 is 17.9 Å². The van der Waals surface area contributed by atoms with Gasteiger partial charge < -0.3 is 14.6 Å². The predicted molar refractivity (Wildman–Crippen MR) is 122 cm³/mol. The van der Waals surface area contributed by atoms with Gasteiger partial charge >= 0.3 is 0 Å². The highest BCUT2D eigenvalue weighted by atomic mass is 32.2. The van der Waals surface area contributed by atoms with Gasteiger partial charge in [0.25, 0.3) is 5.91 Å². The minimum Gasteiger partial charge on any atom is -0.497 e. The molecule has 1 amide bonds. The largest absolute Gasteiger partial charge is 0.497 e. The molecule has 0 aliphatic carbocycles. The number of amides is 1.